The third-order valence-corrected chi connectivity index (χ3v) is 3.80. The maximum absolute atomic E-state index is 13.6. The van der Waals surface area contributed by atoms with E-state index in [1.54, 1.807) is 13.8 Å². The number of rotatable bonds is 3. The van der Waals surface area contributed by atoms with Crippen molar-refractivity contribution in [3.05, 3.63) is 35.7 Å². The van der Waals surface area contributed by atoms with Gasteiger partial charge in [0, 0.05) is 23.7 Å². The molecule has 0 bridgehead atoms. The molecule has 1 aromatic carbocycles. The molecule has 1 aromatic heterocycles. The zero-order chi connectivity index (χ0) is 20.9. The summed E-state index contributed by atoms with van der Waals surface area (Å²) in [4.78, 5) is 4.87. The van der Waals surface area contributed by atoms with Crippen LogP contribution in [0.15, 0.2) is 30.2 Å². The molecule has 152 valence electrons. The van der Waals surface area contributed by atoms with Crippen molar-refractivity contribution in [1.29, 1.82) is 0 Å². The van der Waals surface area contributed by atoms with Crippen LogP contribution >= 0.6 is 0 Å². The fraction of sp³-hybridized carbons (Fsp3) is 0.389. The molecule has 0 aliphatic carbocycles. The average molecular weight is 406 g/mol. The summed E-state index contributed by atoms with van der Waals surface area (Å²) in [5.41, 5.74) is -1.26. The first-order chi connectivity index (χ1) is 12.8. The Labute approximate surface area is 156 Å². The smallest absolute Gasteiger partial charge is 0.417 e. The summed E-state index contributed by atoms with van der Waals surface area (Å²) in [6.45, 7) is 3.36. The molecule has 2 aromatic rings. The van der Waals surface area contributed by atoms with Gasteiger partial charge in [-0.2, -0.15) is 26.3 Å². The highest BCUT2D eigenvalue weighted by Gasteiger charge is 2.36. The van der Waals surface area contributed by atoms with Gasteiger partial charge in [-0.1, -0.05) is 0 Å². The van der Waals surface area contributed by atoms with Crippen molar-refractivity contribution >= 4 is 16.6 Å². The molecule has 28 heavy (non-hydrogen) atoms. The van der Waals surface area contributed by atoms with Crippen LogP contribution in [0.3, 0.4) is 0 Å². The summed E-state index contributed by atoms with van der Waals surface area (Å²) in [6.07, 6.45) is -8.62. The Bertz CT molecular complexity index is 934. The number of anilines is 1. The molecule has 2 heterocycles. The number of alkyl halides is 6. The normalized spacial score (nSPS) is 14.8. The Balaban J connectivity index is 2.22. The lowest BCUT2D eigenvalue weighted by atomic mass is 10.1. The van der Waals surface area contributed by atoms with E-state index in [1.807, 2.05) is 0 Å². The third-order valence-electron chi connectivity index (χ3n) is 3.80. The van der Waals surface area contributed by atoms with E-state index in [9.17, 15) is 26.3 Å². The van der Waals surface area contributed by atoms with Gasteiger partial charge in [-0.15, -0.1) is 0 Å². The van der Waals surface area contributed by atoms with Gasteiger partial charge in [0.25, 0.3) is 0 Å². The van der Waals surface area contributed by atoms with Gasteiger partial charge in [0.05, 0.1) is 22.9 Å². The van der Waals surface area contributed by atoms with Gasteiger partial charge in [-0.25, -0.2) is 4.98 Å². The van der Waals surface area contributed by atoms with Crippen molar-refractivity contribution in [2.45, 2.75) is 39.2 Å². The van der Waals surface area contributed by atoms with Crippen molar-refractivity contribution in [2.24, 2.45) is 0 Å². The fourth-order valence-corrected chi connectivity index (χ4v) is 2.87. The summed E-state index contributed by atoms with van der Waals surface area (Å²) in [7, 11) is 0. The number of fused-ring (bicyclic) bond motifs is 2. The Hall–Kier alpha value is -2.65. The van der Waals surface area contributed by atoms with E-state index >= 15 is 0 Å². The molecule has 0 unspecified atom stereocenters. The summed E-state index contributed by atoms with van der Waals surface area (Å²) < 4.78 is 90.1. The third kappa shape index (κ3) is 4.26. The van der Waals surface area contributed by atoms with Gasteiger partial charge in [0.15, 0.2) is 5.75 Å². The highest BCUT2D eigenvalue weighted by Crippen LogP contribution is 2.43. The van der Waals surface area contributed by atoms with Crippen LogP contribution in [0.5, 0.6) is 11.6 Å². The van der Waals surface area contributed by atoms with Crippen LogP contribution in [0.25, 0.3) is 10.9 Å². The first-order valence-corrected chi connectivity index (χ1v) is 8.26. The van der Waals surface area contributed by atoms with Crippen LogP contribution in [0, 0.1) is 0 Å². The number of halogens is 6. The molecule has 0 N–H and O–H groups in total. The summed E-state index contributed by atoms with van der Waals surface area (Å²) in [6, 6.07) is 2.94. The predicted octanol–water partition coefficient (Wildman–Crippen LogP) is 5.66. The lowest BCUT2D eigenvalue weighted by Gasteiger charge is -2.29. The number of pyridine rings is 1. The van der Waals surface area contributed by atoms with Gasteiger partial charge >= 0.3 is 12.4 Å². The maximum Gasteiger partial charge on any atom is 0.417 e. The Morgan fingerprint density at radius 3 is 2.36 bits per heavy atom. The lowest BCUT2D eigenvalue weighted by molar-refractivity contribution is -0.136. The van der Waals surface area contributed by atoms with Gasteiger partial charge < -0.3 is 14.4 Å². The Morgan fingerprint density at radius 1 is 1.11 bits per heavy atom. The molecule has 0 amide bonds. The number of allylic oxidation sites excluding steroid dienone is 1. The number of ether oxygens (including phenoxy) is 2. The van der Waals surface area contributed by atoms with Crippen LogP contribution in [-0.4, -0.2) is 23.8 Å². The Morgan fingerprint density at radius 2 is 1.79 bits per heavy atom. The average Bonchev–Trinajstić information content (AvgIpc) is 2.49. The summed E-state index contributed by atoms with van der Waals surface area (Å²) in [5.74, 6) is -0.0780. The molecule has 4 nitrogen and oxygen atoms in total. The highest BCUT2D eigenvalue weighted by atomic mass is 19.4. The highest BCUT2D eigenvalue weighted by molar-refractivity contribution is 5.90. The fourth-order valence-electron chi connectivity index (χ4n) is 2.87. The molecule has 0 saturated heterocycles. The van der Waals surface area contributed by atoms with Crippen molar-refractivity contribution in [3.8, 4) is 11.6 Å². The van der Waals surface area contributed by atoms with Crippen molar-refractivity contribution in [3.63, 3.8) is 0 Å². The van der Waals surface area contributed by atoms with Crippen LogP contribution in [0.1, 0.15) is 26.3 Å². The lowest BCUT2D eigenvalue weighted by Crippen LogP contribution is -2.32. The first-order valence-electron chi connectivity index (χ1n) is 8.26. The SMILES string of the molecule is CC1=CN(CC(F)(F)F)c2cc3c(C(F)(F)F)cc(OC(C)C)nc3cc2O1. The molecule has 0 fully saturated rings. The quantitative estimate of drug-likeness (QED) is 0.616. The van der Waals surface area contributed by atoms with Crippen LogP contribution in [0.2, 0.25) is 0 Å². The van der Waals surface area contributed by atoms with E-state index in [1.165, 1.54) is 13.0 Å². The maximum atomic E-state index is 13.6. The number of hydrogen-bond donors (Lipinski definition) is 0. The second-order valence-electron chi connectivity index (χ2n) is 6.59. The zero-order valence-electron chi connectivity index (χ0n) is 15.1. The monoisotopic (exact) mass is 406 g/mol. The van der Waals surface area contributed by atoms with Crippen LogP contribution in [-0.2, 0) is 6.18 Å². The molecule has 0 spiro atoms. The molecule has 0 atom stereocenters. The molecule has 1 aliphatic rings. The number of aromatic nitrogens is 1. The van der Waals surface area contributed by atoms with Gasteiger partial charge in [-0.3, -0.25) is 0 Å². The zero-order valence-corrected chi connectivity index (χ0v) is 15.1. The first kappa shape index (κ1) is 20.1. The van der Waals surface area contributed by atoms with E-state index in [-0.39, 0.29) is 34.0 Å². The van der Waals surface area contributed by atoms with Gasteiger partial charge in [0.1, 0.15) is 12.3 Å². The Kier molecular flexibility index (Phi) is 4.84. The number of hydrogen-bond acceptors (Lipinski definition) is 4. The standard InChI is InChI=1S/C18H16F6N2O2/c1-9(2)27-16-5-12(18(22,23)24)11-4-14-15(6-13(11)25-16)28-10(3)7-26(14)8-17(19,20)21/h4-7,9H,8H2,1-3H3. The van der Waals surface area contributed by atoms with Crippen LogP contribution < -0.4 is 14.4 Å². The van der Waals surface area contributed by atoms with Crippen molar-refractivity contribution in [1.82, 2.24) is 4.98 Å². The second kappa shape index (κ2) is 6.75. The minimum Gasteiger partial charge on any atom is -0.475 e. The van der Waals surface area contributed by atoms with Crippen molar-refractivity contribution in [2.75, 3.05) is 11.4 Å². The van der Waals surface area contributed by atoms with E-state index in [2.05, 4.69) is 4.98 Å². The van der Waals surface area contributed by atoms with E-state index in [4.69, 9.17) is 9.47 Å². The molecule has 0 radical (unpaired) electrons. The topological polar surface area (TPSA) is 34.6 Å². The van der Waals surface area contributed by atoms with Crippen LogP contribution in [0.4, 0.5) is 32.0 Å². The predicted molar refractivity (Wildman–Crippen MR) is 90.3 cm³/mol. The largest absolute Gasteiger partial charge is 0.475 e. The minimum absolute atomic E-state index is 0.0147. The van der Waals surface area contributed by atoms with Crippen molar-refractivity contribution < 1.29 is 35.8 Å². The molecular weight excluding hydrogens is 390 g/mol. The van der Waals surface area contributed by atoms with E-state index in [0.29, 0.717) is 0 Å². The molecule has 1 aliphatic heterocycles. The second-order valence-corrected chi connectivity index (χ2v) is 6.59. The van der Waals surface area contributed by atoms with E-state index < -0.39 is 30.6 Å². The molecule has 3 rings (SSSR count). The summed E-state index contributed by atoms with van der Waals surface area (Å²) in [5, 5.41) is -0.342. The van der Waals surface area contributed by atoms with Gasteiger partial charge in [-0.05, 0) is 26.8 Å². The summed E-state index contributed by atoms with van der Waals surface area (Å²) >= 11 is 0. The minimum atomic E-state index is -4.75. The van der Waals surface area contributed by atoms with E-state index in [0.717, 1.165) is 23.2 Å². The molecular formula is C18H16F6N2O2. The molecule has 10 heteroatoms. The molecule has 0 saturated carbocycles. The number of nitrogens with zero attached hydrogens (tertiary/aromatic N) is 2. The van der Waals surface area contributed by atoms with Gasteiger partial charge in [0.2, 0.25) is 5.88 Å². The number of benzene rings is 1.